The molecule has 0 unspecified atom stereocenters. The number of carbonyl (C=O) groups is 1. The third-order valence-corrected chi connectivity index (χ3v) is 7.47. The molecule has 1 N–H and O–H groups in total. The molecule has 148 valence electrons. The number of carbonyl (C=O) groups excluding carboxylic acids is 1. The fraction of sp³-hybridized carbons (Fsp3) is 0.350. The van der Waals surface area contributed by atoms with E-state index in [1.165, 1.54) is 4.31 Å². The molecule has 2 heterocycles. The van der Waals surface area contributed by atoms with E-state index in [2.05, 4.69) is 21.2 Å². The highest BCUT2D eigenvalue weighted by Gasteiger charge is 2.31. The summed E-state index contributed by atoms with van der Waals surface area (Å²) in [5.74, 6) is -0.160. The fourth-order valence-electron chi connectivity index (χ4n) is 3.61. The van der Waals surface area contributed by atoms with Gasteiger partial charge in [-0.2, -0.15) is 0 Å². The number of ether oxygens (including phenoxy) is 1. The van der Waals surface area contributed by atoms with Crippen LogP contribution in [0.15, 0.2) is 51.8 Å². The fourth-order valence-corrected chi connectivity index (χ4v) is 5.38. The zero-order valence-electron chi connectivity index (χ0n) is 15.2. The molecule has 4 rings (SSSR count). The van der Waals surface area contributed by atoms with Gasteiger partial charge in [-0.15, -0.1) is 0 Å². The van der Waals surface area contributed by atoms with Crippen LogP contribution in [0.4, 0.5) is 5.69 Å². The van der Waals surface area contributed by atoms with Crippen molar-refractivity contribution >= 4 is 37.5 Å². The van der Waals surface area contributed by atoms with Crippen LogP contribution in [0.5, 0.6) is 0 Å². The van der Waals surface area contributed by atoms with E-state index in [1.807, 2.05) is 0 Å². The van der Waals surface area contributed by atoms with E-state index in [1.54, 1.807) is 42.5 Å². The molecule has 0 aromatic heterocycles. The number of benzene rings is 2. The highest BCUT2D eigenvalue weighted by Crippen LogP contribution is 2.33. The first-order chi connectivity index (χ1) is 13.4. The number of nitrogens with zero attached hydrogens (tertiary/aromatic N) is 1. The first kappa shape index (κ1) is 19.4. The number of halogens is 1. The molecule has 28 heavy (non-hydrogen) atoms. The van der Waals surface area contributed by atoms with Gasteiger partial charge < -0.3 is 10.1 Å². The second-order valence-corrected chi connectivity index (χ2v) is 9.75. The molecule has 2 aromatic carbocycles. The number of sulfonamides is 1. The van der Waals surface area contributed by atoms with E-state index in [4.69, 9.17) is 4.74 Å². The minimum absolute atomic E-state index is 0.0879. The van der Waals surface area contributed by atoms with Crippen LogP contribution in [0.3, 0.4) is 0 Å². The van der Waals surface area contributed by atoms with E-state index in [0.29, 0.717) is 30.8 Å². The predicted octanol–water partition coefficient (Wildman–Crippen LogP) is 3.11. The van der Waals surface area contributed by atoms with Gasteiger partial charge in [0.25, 0.3) is 15.9 Å². The second-order valence-electron chi connectivity index (χ2n) is 6.97. The number of amides is 1. The Morgan fingerprint density at radius 2 is 2.00 bits per heavy atom. The van der Waals surface area contributed by atoms with Crippen molar-refractivity contribution in [3.05, 3.63) is 58.1 Å². The Morgan fingerprint density at radius 3 is 2.71 bits per heavy atom. The molecule has 0 saturated carbocycles. The number of rotatable bonds is 5. The molecule has 6 nitrogen and oxygen atoms in total. The van der Waals surface area contributed by atoms with Crippen molar-refractivity contribution in [1.82, 2.24) is 5.32 Å². The Morgan fingerprint density at radius 1 is 1.21 bits per heavy atom. The number of fused-ring (bicyclic) bond motifs is 1. The van der Waals surface area contributed by atoms with E-state index in [9.17, 15) is 13.2 Å². The van der Waals surface area contributed by atoms with Gasteiger partial charge >= 0.3 is 0 Å². The molecular formula is C20H21BrN2O4S. The van der Waals surface area contributed by atoms with Crippen molar-refractivity contribution in [2.24, 2.45) is 0 Å². The van der Waals surface area contributed by atoms with Gasteiger partial charge in [0.15, 0.2) is 0 Å². The first-order valence-corrected chi connectivity index (χ1v) is 11.5. The van der Waals surface area contributed by atoms with Crippen LogP contribution < -0.4 is 9.62 Å². The van der Waals surface area contributed by atoms with Crippen molar-refractivity contribution in [1.29, 1.82) is 0 Å². The van der Waals surface area contributed by atoms with Gasteiger partial charge in [0.2, 0.25) is 0 Å². The van der Waals surface area contributed by atoms with E-state index < -0.39 is 10.0 Å². The molecule has 0 radical (unpaired) electrons. The monoisotopic (exact) mass is 464 g/mol. The summed E-state index contributed by atoms with van der Waals surface area (Å²) >= 11 is 3.32. The summed E-state index contributed by atoms with van der Waals surface area (Å²) in [6.07, 6.45) is 2.66. The molecule has 2 aromatic rings. The SMILES string of the molecule is O=C(NC[C@@H]1CCCO1)c1ccc2c(c1)CCN2S(=O)(=O)c1ccc(Br)cc1. The lowest BCUT2D eigenvalue weighted by molar-refractivity contribution is 0.0857. The Labute approximate surface area is 173 Å². The van der Waals surface area contributed by atoms with E-state index in [-0.39, 0.29) is 16.9 Å². The minimum atomic E-state index is -3.63. The highest BCUT2D eigenvalue weighted by atomic mass is 79.9. The van der Waals surface area contributed by atoms with Crippen molar-refractivity contribution < 1.29 is 17.9 Å². The zero-order chi connectivity index (χ0) is 19.7. The smallest absolute Gasteiger partial charge is 0.264 e. The highest BCUT2D eigenvalue weighted by molar-refractivity contribution is 9.10. The normalized spacial score (nSPS) is 18.9. The minimum Gasteiger partial charge on any atom is -0.376 e. The van der Waals surface area contributed by atoms with Crippen LogP contribution >= 0.6 is 15.9 Å². The van der Waals surface area contributed by atoms with Gasteiger partial charge in [0.05, 0.1) is 16.7 Å². The summed E-state index contributed by atoms with van der Waals surface area (Å²) in [7, 11) is -3.63. The predicted molar refractivity (Wildman–Crippen MR) is 110 cm³/mol. The number of nitrogens with one attached hydrogen (secondary N) is 1. The molecule has 0 bridgehead atoms. The summed E-state index contributed by atoms with van der Waals surface area (Å²) in [5, 5.41) is 2.90. The maximum absolute atomic E-state index is 13.0. The van der Waals surface area contributed by atoms with Gasteiger partial charge in [-0.25, -0.2) is 8.42 Å². The molecule has 1 amide bonds. The van der Waals surface area contributed by atoms with Crippen LogP contribution in [0.25, 0.3) is 0 Å². The maximum atomic E-state index is 13.0. The Kier molecular flexibility index (Phi) is 5.44. The average Bonchev–Trinajstić information content (AvgIpc) is 3.35. The summed E-state index contributed by atoms with van der Waals surface area (Å²) in [4.78, 5) is 12.7. The maximum Gasteiger partial charge on any atom is 0.264 e. The Balaban J connectivity index is 1.51. The Bertz CT molecular complexity index is 986. The molecular weight excluding hydrogens is 444 g/mol. The lowest BCUT2D eigenvalue weighted by Gasteiger charge is -2.20. The summed E-state index contributed by atoms with van der Waals surface area (Å²) < 4.78 is 33.8. The lowest BCUT2D eigenvalue weighted by Crippen LogP contribution is -2.31. The van der Waals surface area contributed by atoms with Crippen molar-refractivity contribution in [2.45, 2.75) is 30.3 Å². The van der Waals surface area contributed by atoms with Gasteiger partial charge in [0.1, 0.15) is 0 Å². The lowest BCUT2D eigenvalue weighted by atomic mass is 10.1. The van der Waals surface area contributed by atoms with Crippen LogP contribution in [0, 0.1) is 0 Å². The third-order valence-electron chi connectivity index (χ3n) is 5.11. The molecule has 2 aliphatic heterocycles. The van der Waals surface area contributed by atoms with Crippen LogP contribution in [-0.2, 0) is 21.2 Å². The molecule has 1 saturated heterocycles. The molecule has 1 atom stereocenters. The van der Waals surface area contributed by atoms with Gasteiger partial charge in [0, 0.05) is 29.7 Å². The number of hydrogen-bond donors (Lipinski definition) is 1. The topological polar surface area (TPSA) is 75.7 Å². The summed E-state index contributed by atoms with van der Waals surface area (Å²) in [5.41, 5.74) is 2.05. The van der Waals surface area contributed by atoms with Crippen molar-refractivity contribution in [2.75, 3.05) is 24.0 Å². The zero-order valence-corrected chi connectivity index (χ0v) is 17.6. The molecule has 0 spiro atoms. The average molecular weight is 465 g/mol. The molecule has 1 fully saturated rings. The molecule has 2 aliphatic rings. The third kappa shape index (κ3) is 3.81. The van der Waals surface area contributed by atoms with E-state index >= 15 is 0 Å². The second kappa shape index (κ2) is 7.85. The largest absolute Gasteiger partial charge is 0.376 e. The molecule has 8 heteroatoms. The van der Waals surface area contributed by atoms with Crippen LogP contribution in [0.1, 0.15) is 28.8 Å². The quantitative estimate of drug-likeness (QED) is 0.737. The van der Waals surface area contributed by atoms with E-state index in [0.717, 1.165) is 29.5 Å². The standard InChI is InChI=1S/C20H21BrN2O4S/c21-16-4-6-18(7-5-16)28(25,26)23-10-9-14-12-15(3-8-19(14)23)20(24)22-13-17-2-1-11-27-17/h3-8,12,17H,1-2,9-11,13H2,(H,22,24)/t17-/m0/s1. The van der Waals surface area contributed by atoms with Gasteiger partial charge in [-0.3, -0.25) is 9.10 Å². The Hall–Kier alpha value is -1.90. The van der Waals surface area contributed by atoms with Gasteiger partial charge in [-0.1, -0.05) is 15.9 Å². The summed E-state index contributed by atoms with van der Waals surface area (Å²) in [6, 6.07) is 11.8. The van der Waals surface area contributed by atoms with Crippen LogP contribution in [-0.4, -0.2) is 40.1 Å². The molecule has 0 aliphatic carbocycles. The first-order valence-electron chi connectivity index (χ1n) is 9.26. The number of anilines is 1. The van der Waals surface area contributed by atoms with Crippen LogP contribution in [0.2, 0.25) is 0 Å². The number of hydrogen-bond acceptors (Lipinski definition) is 4. The van der Waals surface area contributed by atoms with Crippen molar-refractivity contribution in [3.63, 3.8) is 0 Å². The van der Waals surface area contributed by atoms with Gasteiger partial charge in [-0.05, 0) is 67.3 Å². The summed E-state index contributed by atoms with van der Waals surface area (Å²) in [6.45, 7) is 1.62. The van der Waals surface area contributed by atoms with Crippen molar-refractivity contribution in [3.8, 4) is 0 Å².